The Labute approximate surface area is 165 Å². The topological polar surface area (TPSA) is 39.2 Å². The largest absolute Gasteiger partial charge is 0.357 e. The second kappa shape index (κ2) is 7.81. The molecular weight excluding hydrogens is 358 g/mol. The van der Waals surface area contributed by atoms with Crippen LogP contribution in [0.3, 0.4) is 0 Å². The Kier molecular flexibility index (Phi) is 5.43. The number of aryl methyl sites for hydroxylation is 2. The zero-order valence-electron chi connectivity index (χ0n) is 16.0. The Hall–Kier alpha value is -1.57. The van der Waals surface area contributed by atoms with Crippen molar-refractivity contribution in [1.82, 2.24) is 9.31 Å². The van der Waals surface area contributed by atoms with E-state index in [1.807, 2.05) is 48.1 Å². The van der Waals surface area contributed by atoms with E-state index in [1.165, 1.54) is 15.6 Å². The van der Waals surface area contributed by atoms with Crippen LogP contribution in [0.4, 0.5) is 5.69 Å². The van der Waals surface area contributed by atoms with Gasteiger partial charge in [-0.15, -0.1) is 0 Å². The molecule has 0 saturated carbocycles. The van der Waals surface area contributed by atoms with Crippen molar-refractivity contribution in [2.75, 3.05) is 31.4 Å². The van der Waals surface area contributed by atoms with Crippen LogP contribution in [0, 0.1) is 13.8 Å². The van der Waals surface area contributed by atoms with Crippen LogP contribution in [0.5, 0.6) is 0 Å². The summed E-state index contributed by atoms with van der Waals surface area (Å²) in [5.41, 5.74) is 2.79. The molecule has 2 heterocycles. The summed E-state index contributed by atoms with van der Waals surface area (Å²) < 4.78 is 8.57. The predicted octanol–water partition coefficient (Wildman–Crippen LogP) is 4.25. The Morgan fingerprint density at radius 1 is 1.00 bits per heavy atom. The lowest BCUT2D eigenvalue weighted by atomic mass is 10.0. The van der Waals surface area contributed by atoms with E-state index >= 15 is 0 Å². The quantitative estimate of drug-likeness (QED) is 0.627. The van der Waals surface area contributed by atoms with E-state index in [4.69, 9.17) is 4.74 Å². The van der Waals surface area contributed by atoms with Crippen molar-refractivity contribution in [2.24, 2.45) is 0 Å². The fourth-order valence-electron chi connectivity index (χ4n) is 3.91. The van der Waals surface area contributed by atoms with Gasteiger partial charge in [0.25, 0.3) is 0 Å². The van der Waals surface area contributed by atoms with Gasteiger partial charge in [-0.1, -0.05) is 24.3 Å². The van der Waals surface area contributed by atoms with E-state index in [0.29, 0.717) is 13.2 Å². The van der Waals surface area contributed by atoms with Crippen LogP contribution in [-0.2, 0) is 4.74 Å². The van der Waals surface area contributed by atoms with E-state index in [-0.39, 0.29) is 0 Å². The molecule has 2 aliphatic heterocycles. The number of ether oxygens (including phenoxy) is 1. The summed E-state index contributed by atoms with van der Waals surface area (Å²) in [7, 11) is 0. The highest BCUT2D eigenvalue weighted by molar-refractivity contribution is 7.97. The van der Waals surface area contributed by atoms with Crippen molar-refractivity contribution in [3.63, 3.8) is 0 Å². The third-order valence-electron chi connectivity index (χ3n) is 5.33. The van der Waals surface area contributed by atoms with Crippen LogP contribution < -0.4 is 5.17 Å². The molecule has 0 atom stereocenters. The molecule has 2 aliphatic rings. The monoisotopic (exact) mass is 385 g/mol. The summed E-state index contributed by atoms with van der Waals surface area (Å²) in [4.78, 5) is 1.28. The molecular formula is C21H27N3O2S. The zero-order valence-corrected chi connectivity index (χ0v) is 16.8. The minimum Gasteiger partial charge on any atom is -0.357 e. The van der Waals surface area contributed by atoms with Crippen LogP contribution >= 0.6 is 11.9 Å². The molecule has 0 aliphatic carbocycles. The molecule has 4 rings (SSSR count). The maximum Gasteiger partial charge on any atom is 0.143 e. The average molecular weight is 386 g/mol. The summed E-state index contributed by atoms with van der Waals surface area (Å²) in [5, 5.41) is 14.1. The van der Waals surface area contributed by atoms with Crippen LogP contribution in [0.15, 0.2) is 53.4 Å². The summed E-state index contributed by atoms with van der Waals surface area (Å²) in [6.07, 6.45) is 1.74. The van der Waals surface area contributed by atoms with Gasteiger partial charge in [-0.2, -0.15) is 10.2 Å². The first-order valence-corrected chi connectivity index (χ1v) is 10.3. The molecule has 0 radical (unpaired) electrons. The Morgan fingerprint density at radius 3 is 2.41 bits per heavy atom. The van der Waals surface area contributed by atoms with Gasteiger partial charge in [-0.25, -0.2) is 4.31 Å². The van der Waals surface area contributed by atoms with Gasteiger partial charge < -0.3 is 4.74 Å². The molecule has 27 heavy (non-hydrogen) atoms. The van der Waals surface area contributed by atoms with Crippen molar-refractivity contribution in [3.8, 4) is 0 Å². The van der Waals surface area contributed by atoms with Crippen molar-refractivity contribution >= 4 is 17.6 Å². The van der Waals surface area contributed by atoms with Gasteiger partial charge in [0, 0.05) is 37.4 Å². The fraction of sp³-hybridized carbons (Fsp3) is 0.429. The Morgan fingerprint density at radius 2 is 1.70 bits per heavy atom. The number of piperidine rings is 1. The second-order valence-corrected chi connectivity index (χ2v) is 8.55. The number of benzene rings is 2. The number of anilines is 1. The van der Waals surface area contributed by atoms with E-state index in [0.717, 1.165) is 37.2 Å². The SMILES string of the molecule is Cc1cccc(SN2CCC3(CC2)OCCN3N(O)c2cccc(C)c2)c1. The molecule has 2 fully saturated rings. The van der Waals surface area contributed by atoms with E-state index in [1.54, 1.807) is 0 Å². The van der Waals surface area contributed by atoms with E-state index < -0.39 is 5.72 Å². The number of nitrogens with zero attached hydrogens (tertiary/aromatic N) is 3. The minimum atomic E-state index is -0.415. The van der Waals surface area contributed by atoms with Crippen molar-refractivity contribution in [2.45, 2.75) is 37.3 Å². The summed E-state index contributed by atoms with van der Waals surface area (Å²) >= 11 is 1.81. The van der Waals surface area contributed by atoms with Crippen LogP contribution in [0.1, 0.15) is 24.0 Å². The van der Waals surface area contributed by atoms with E-state index in [9.17, 15) is 5.21 Å². The third kappa shape index (κ3) is 4.00. The van der Waals surface area contributed by atoms with Crippen molar-refractivity contribution in [1.29, 1.82) is 0 Å². The molecule has 2 aromatic carbocycles. The molecule has 5 nitrogen and oxygen atoms in total. The molecule has 2 saturated heterocycles. The summed E-state index contributed by atoms with van der Waals surface area (Å²) in [6, 6.07) is 16.6. The molecule has 1 spiro atoms. The minimum absolute atomic E-state index is 0.415. The number of hydrogen-bond acceptors (Lipinski definition) is 6. The molecule has 0 amide bonds. The van der Waals surface area contributed by atoms with Crippen molar-refractivity contribution < 1.29 is 9.94 Å². The Balaban J connectivity index is 1.43. The molecule has 2 aromatic rings. The van der Waals surface area contributed by atoms with Crippen LogP contribution in [-0.4, -0.2) is 46.5 Å². The molecule has 0 bridgehead atoms. The van der Waals surface area contributed by atoms with Gasteiger partial charge in [0.2, 0.25) is 0 Å². The molecule has 0 aromatic heterocycles. The molecule has 144 valence electrons. The summed E-state index contributed by atoms with van der Waals surface area (Å²) in [5.74, 6) is 0. The van der Waals surface area contributed by atoms with Gasteiger partial charge in [0.15, 0.2) is 0 Å². The van der Waals surface area contributed by atoms with E-state index in [2.05, 4.69) is 35.5 Å². The molecule has 0 unspecified atom stereocenters. The van der Waals surface area contributed by atoms with Crippen molar-refractivity contribution in [3.05, 3.63) is 59.7 Å². The van der Waals surface area contributed by atoms with Gasteiger partial charge >= 0.3 is 0 Å². The van der Waals surface area contributed by atoms with Crippen LogP contribution in [0.2, 0.25) is 0 Å². The highest BCUT2D eigenvalue weighted by Crippen LogP contribution is 2.39. The number of hydrogen-bond donors (Lipinski definition) is 1. The first-order chi connectivity index (χ1) is 13.1. The summed E-state index contributed by atoms with van der Waals surface area (Å²) in [6.45, 7) is 7.37. The molecule has 1 N–H and O–H groups in total. The Bertz CT molecular complexity index is 793. The van der Waals surface area contributed by atoms with Gasteiger partial charge in [-0.3, -0.25) is 5.21 Å². The average Bonchev–Trinajstić information content (AvgIpc) is 3.06. The highest BCUT2D eigenvalue weighted by Gasteiger charge is 2.47. The van der Waals surface area contributed by atoms with Crippen LogP contribution in [0.25, 0.3) is 0 Å². The standard InChI is InChI=1S/C21H27N3O2S/c1-17-5-3-7-19(15-17)24(25)23-13-14-26-21(23)9-11-22(12-10-21)27-20-8-4-6-18(2)16-20/h3-8,15-16,25H,9-14H2,1-2H3. The lowest BCUT2D eigenvalue weighted by Crippen LogP contribution is -2.57. The van der Waals surface area contributed by atoms with Gasteiger partial charge in [-0.05, 0) is 61.2 Å². The molecule has 6 heteroatoms. The lowest BCUT2D eigenvalue weighted by Gasteiger charge is -2.45. The van der Waals surface area contributed by atoms with Gasteiger partial charge in [0.05, 0.1) is 12.3 Å². The lowest BCUT2D eigenvalue weighted by molar-refractivity contribution is -0.142. The zero-order chi connectivity index (χ0) is 18.9. The normalized spacial score (nSPS) is 20.3. The number of hydrazine groups is 1. The third-order valence-corrected chi connectivity index (χ3v) is 6.42. The first-order valence-electron chi connectivity index (χ1n) is 9.53. The maximum absolute atomic E-state index is 10.9. The smallest absolute Gasteiger partial charge is 0.143 e. The second-order valence-electron chi connectivity index (χ2n) is 7.38. The maximum atomic E-state index is 10.9. The highest BCUT2D eigenvalue weighted by atomic mass is 32.2. The predicted molar refractivity (Wildman–Crippen MR) is 109 cm³/mol. The van der Waals surface area contributed by atoms with Gasteiger partial charge in [0.1, 0.15) is 5.72 Å². The number of rotatable bonds is 4. The fourth-order valence-corrected chi connectivity index (χ4v) is 4.95. The first kappa shape index (κ1) is 18.8.